The van der Waals surface area contributed by atoms with E-state index >= 15 is 0 Å². The van der Waals surface area contributed by atoms with Gasteiger partial charge in [-0.05, 0) is 31.9 Å². The molecule has 1 aliphatic rings. The lowest BCUT2D eigenvalue weighted by Gasteiger charge is -2.12. The average Bonchev–Trinajstić information content (AvgIpc) is 3.01. The zero-order chi connectivity index (χ0) is 12.0. The number of aromatic nitrogens is 2. The maximum absolute atomic E-state index is 11.2. The summed E-state index contributed by atoms with van der Waals surface area (Å²) in [6.07, 6.45) is 1.54. The number of hydrogen-bond acceptors (Lipinski definition) is 2. The van der Waals surface area contributed by atoms with E-state index < -0.39 is 11.4 Å². The molecule has 1 saturated carbocycles. The molecule has 0 atom stereocenters. The van der Waals surface area contributed by atoms with E-state index in [-0.39, 0.29) is 0 Å². The zero-order valence-corrected chi connectivity index (χ0v) is 9.68. The quantitative estimate of drug-likeness (QED) is 0.879. The van der Waals surface area contributed by atoms with Gasteiger partial charge in [-0.15, -0.1) is 0 Å². The molecule has 1 N–H and O–H groups in total. The fraction of sp³-hybridized carbons (Fsp3) is 0.385. The molecule has 0 aliphatic heterocycles. The average molecular weight is 230 g/mol. The Morgan fingerprint density at radius 2 is 2.18 bits per heavy atom. The second-order valence-corrected chi connectivity index (χ2v) is 4.82. The second kappa shape index (κ2) is 3.32. The number of fused-ring (bicyclic) bond motifs is 1. The smallest absolute Gasteiger partial charge is 0.311 e. The Balaban J connectivity index is 2.06. The fourth-order valence-corrected chi connectivity index (χ4v) is 2.29. The van der Waals surface area contributed by atoms with Crippen LogP contribution in [0.25, 0.3) is 11.0 Å². The highest BCUT2D eigenvalue weighted by Crippen LogP contribution is 2.47. The van der Waals surface area contributed by atoms with Crippen molar-refractivity contribution in [2.24, 2.45) is 5.41 Å². The Labute approximate surface area is 98.9 Å². The van der Waals surface area contributed by atoms with Crippen LogP contribution in [0.1, 0.15) is 18.7 Å². The van der Waals surface area contributed by atoms with Crippen LogP contribution < -0.4 is 0 Å². The summed E-state index contributed by atoms with van der Waals surface area (Å²) < 4.78 is 2.02. The molecular formula is C13H14N2O2. The molecule has 1 fully saturated rings. The van der Waals surface area contributed by atoms with E-state index in [0.29, 0.717) is 6.54 Å². The van der Waals surface area contributed by atoms with Gasteiger partial charge in [-0.1, -0.05) is 12.1 Å². The summed E-state index contributed by atoms with van der Waals surface area (Å²) in [4.78, 5) is 15.7. The van der Waals surface area contributed by atoms with Gasteiger partial charge >= 0.3 is 5.97 Å². The Morgan fingerprint density at radius 3 is 2.82 bits per heavy atom. The highest BCUT2D eigenvalue weighted by atomic mass is 16.4. The minimum Gasteiger partial charge on any atom is -0.481 e. The molecule has 1 aromatic carbocycles. The highest BCUT2D eigenvalue weighted by Gasteiger charge is 2.50. The van der Waals surface area contributed by atoms with Gasteiger partial charge in [0.05, 0.1) is 16.4 Å². The van der Waals surface area contributed by atoms with E-state index in [2.05, 4.69) is 4.98 Å². The number of nitrogens with zero attached hydrogens (tertiary/aromatic N) is 2. The maximum atomic E-state index is 11.2. The Hall–Kier alpha value is -1.84. The number of para-hydroxylation sites is 2. The van der Waals surface area contributed by atoms with E-state index in [0.717, 1.165) is 29.7 Å². The third kappa shape index (κ3) is 1.52. The topological polar surface area (TPSA) is 55.1 Å². The number of rotatable bonds is 3. The molecule has 0 saturated heterocycles. The molecule has 88 valence electrons. The number of carbonyl (C=O) groups is 1. The standard InChI is InChI=1S/C13H14N2O2/c1-9-14-10-4-2-3-5-11(10)15(9)8-13(6-7-13)12(16)17/h2-5H,6-8H2,1H3,(H,16,17). The number of imidazole rings is 1. The first-order valence-corrected chi connectivity index (χ1v) is 5.78. The van der Waals surface area contributed by atoms with E-state index in [1.165, 1.54) is 0 Å². The van der Waals surface area contributed by atoms with Gasteiger partial charge in [-0.3, -0.25) is 4.79 Å². The summed E-state index contributed by atoms with van der Waals surface area (Å²) in [7, 11) is 0. The molecule has 1 heterocycles. The SMILES string of the molecule is Cc1nc2ccccc2n1CC1(C(=O)O)CC1. The number of aliphatic carboxylic acids is 1. The van der Waals surface area contributed by atoms with E-state index in [1.807, 2.05) is 35.8 Å². The van der Waals surface area contributed by atoms with Crippen LogP contribution in [0.4, 0.5) is 0 Å². The van der Waals surface area contributed by atoms with Crippen molar-refractivity contribution in [3.05, 3.63) is 30.1 Å². The van der Waals surface area contributed by atoms with E-state index in [9.17, 15) is 9.90 Å². The van der Waals surface area contributed by atoms with Gasteiger partial charge in [0.2, 0.25) is 0 Å². The molecular weight excluding hydrogens is 216 g/mol. The van der Waals surface area contributed by atoms with Crippen molar-refractivity contribution in [1.82, 2.24) is 9.55 Å². The molecule has 0 bridgehead atoms. The summed E-state index contributed by atoms with van der Waals surface area (Å²) in [5.74, 6) is 0.202. The van der Waals surface area contributed by atoms with Gasteiger partial charge < -0.3 is 9.67 Å². The van der Waals surface area contributed by atoms with Crippen molar-refractivity contribution >= 4 is 17.0 Å². The molecule has 0 radical (unpaired) electrons. The normalized spacial score (nSPS) is 17.2. The third-order valence-corrected chi connectivity index (χ3v) is 3.61. The first-order chi connectivity index (χ1) is 8.12. The van der Waals surface area contributed by atoms with E-state index in [1.54, 1.807) is 0 Å². The highest BCUT2D eigenvalue weighted by molar-refractivity contribution is 5.79. The molecule has 0 unspecified atom stereocenters. The number of carboxylic acids is 1. The molecule has 3 rings (SSSR count). The summed E-state index contributed by atoms with van der Waals surface area (Å²) in [6, 6.07) is 7.86. The largest absolute Gasteiger partial charge is 0.481 e. The van der Waals surface area contributed by atoms with Crippen LogP contribution in [-0.4, -0.2) is 20.6 Å². The van der Waals surface area contributed by atoms with Crippen LogP contribution in [0, 0.1) is 12.3 Å². The molecule has 17 heavy (non-hydrogen) atoms. The molecule has 4 nitrogen and oxygen atoms in total. The Bertz CT molecular complexity index is 596. The predicted octanol–water partition coefficient (Wildman–Crippen LogP) is 2.21. The first-order valence-electron chi connectivity index (χ1n) is 5.78. The molecule has 0 amide bonds. The monoisotopic (exact) mass is 230 g/mol. The van der Waals surface area contributed by atoms with Crippen LogP contribution in [0.2, 0.25) is 0 Å². The number of aryl methyl sites for hydroxylation is 1. The lowest BCUT2D eigenvalue weighted by atomic mass is 10.1. The Kier molecular flexibility index (Phi) is 2.02. The molecule has 1 aromatic heterocycles. The second-order valence-electron chi connectivity index (χ2n) is 4.82. The summed E-state index contributed by atoms with van der Waals surface area (Å²) >= 11 is 0. The van der Waals surface area contributed by atoms with Crippen LogP contribution in [-0.2, 0) is 11.3 Å². The van der Waals surface area contributed by atoms with Gasteiger partial charge in [0.15, 0.2) is 0 Å². The minimum atomic E-state index is -0.685. The van der Waals surface area contributed by atoms with Gasteiger partial charge in [-0.2, -0.15) is 0 Å². The van der Waals surface area contributed by atoms with Gasteiger partial charge in [0.25, 0.3) is 0 Å². The van der Waals surface area contributed by atoms with Crippen LogP contribution in [0.15, 0.2) is 24.3 Å². The van der Waals surface area contributed by atoms with Crippen molar-refractivity contribution in [1.29, 1.82) is 0 Å². The molecule has 4 heteroatoms. The van der Waals surface area contributed by atoms with Crippen molar-refractivity contribution < 1.29 is 9.90 Å². The van der Waals surface area contributed by atoms with Crippen LogP contribution in [0.5, 0.6) is 0 Å². The van der Waals surface area contributed by atoms with Crippen molar-refractivity contribution in [3.8, 4) is 0 Å². The van der Waals surface area contributed by atoms with Crippen LogP contribution in [0.3, 0.4) is 0 Å². The number of carboxylic acid groups (broad SMARTS) is 1. The third-order valence-electron chi connectivity index (χ3n) is 3.61. The maximum Gasteiger partial charge on any atom is 0.311 e. The zero-order valence-electron chi connectivity index (χ0n) is 9.68. The molecule has 1 aliphatic carbocycles. The number of benzene rings is 1. The predicted molar refractivity (Wildman–Crippen MR) is 63.8 cm³/mol. The summed E-state index contributed by atoms with van der Waals surface area (Å²) in [6.45, 7) is 2.46. The van der Waals surface area contributed by atoms with Gasteiger partial charge in [-0.25, -0.2) is 4.98 Å². The Morgan fingerprint density at radius 1 is 1.47 bits per heavy atom. The van der Waals surface area contributed by atoms with Crippen molar-refractivity contribution in [2.75, 3.05) is 0 Å². The van der Waals surface area contributed by atoms with Crippen LogP contribution >= 0.6 is 0 Å². The van der Waals surface area contributed by atoms with E-state index in [4.69, 9.17) is 0 Å². The minimum absolute atomic E-state index is 0.536. The van der Waals surface area contributed by atoms with Crippen molar-refractivity contribution in [2.45, 2.75) is 26.3 Å². The lowest BCUT2D eigenvalue weighted by molar-refractivity contribution is -0.143. The lowest BCUT2D eigenvalue weighted by Crippen LogP contribution is -2.22. The summed E-state index contributed by atoms with van der Waals surface area (Å²) in [5, 5.41) is 9.23. The first kappa shape index (κ1) is 10.3. The number of hydrogen-bond donors (Lipinski definition) is 1. The summed E-state index contributed by atoms with van der Waals surface area (Å²) in [5.41, 5.74) is 1.41. The van der Waals surface area contributed by atoms with Gasteiger partial charge in [0.1, 0.15) is 5.82 Å². The molecule has 2 aromatic rings. The van der Waals surface area contributed by atoms with Gasteiger partial charge in [0, 0.05) is 6.54 Å². The fourth-order valence-electron chi connectivity index (χ4n) is 2.29. The van der Waals surface area contributed by atoms with Crippen molar-refractivity contribution in [3.63, 3.8) is 0 Å². The molecule has 0 spiro atoms.